The summed E-state index contributed by atoms with van der Waals surface area (Å²) in [6.07, 6.45) is 2.19. The third-order valence-corrected chi connectivity index (χ3v) is 3.70. The van der Waals surface area contributed by atoms with Gasteiger partial charge in [-0.05, 0) is 24.8 Å². The number of amides is 1. The van der Waals surface area contributed by atoms with Crippen molar-refractivity contribution in [2.75, 3.05) is 13.2 Å². The largest absolute Gasteiger partial charge is 0.445 e. The zero-order valence-corrected chi connectivity index (χ0v) is 11.5. The molecule has 1 amide bonds. The number of hydrogen-bond donors (Lipinski definition) is 1. The highest BCUT2D eigenvalue weighted by atomic mass is 19.1. The van der Waals surface area contributed by atoms with E-state index in [1.54, 1.807) is 0 Å². The third-order valence-electron chi connectivity index (χ3n) is 3.70. The molecule has 4 nitrogen and oxygen atoms in total. The summed E-state index contributed by atoms with van der Waals surface area (Å²) in [7, 11) is 0. The number of carbonyl (C=O) groups is 1. The zero-order valence-electron chi connectivity index (χ0n) is 11.5. The molecule has 1 aromatic carbocycles. The average Bonchev–Trinajstić information content (AvgIpc) is 2.89. The molecule has 0 saturated heterocycles. The van der Waals surface area contributed by atoms with Crippen molar-refractivity contribution in [2.24, 2.45) is 5.73 Å². The Bertz CT molecular complexity index is 427. The number of carbonyl (C=O) groups excluding carboxylic acids is 1. The van der Waals surface area contributed by atoms with E-state index in [0.29, 0.717) is 0 Å². The lowest BCUT2D eigenvalue weighted by Crippen LogP contribution is -2.48. The van der Waals surface area contributed by atoms with E-state index in [4.69, 9.17) is 10.5 Å². The van der Waals surface area contributed by atoms with E-state index >= 15 is 0 Å². The van der Waals surface area contributed by atoms with Crippen LogP contribution in [0.3, 0.4) is 0 Å². The fraction of sp³-hybridized carbons (Fsp3) is 0.533. The molecule has 1 saturated carbocycles. The molecule has 1 aliphatic carbocycles. The Morgan fingerprint density at radius 1 is 1.35 bits per heavy atom. The van der Waals surface area contributed by atoms with Crippen molar-refractivity contribution < 1.29 is 13.9 Å². The standard InChI is InChI=1S/C15H21FN2O2/c16-9-10-18(14-8-4-7-13(14)17)15(19)20-11-12-5-2-1-3-6-12/h1-3,5-6,13-14H,4,7-11,17H2/t13-,14-/m0/s1. The number of ether oxygens (including phenoxy) is 1. The van der Waals surface area contributed by atoms with E-state index in [0.717, 1.165) is 24.8 Å². The van der Waals surface area contributed by atoms with Crippen molar-refractivity contribution >= 4 is 6.09 Å². The molecule has 1 fully saturated rings. The number of alkyl halides is 1. The van der Waals surface area contributed by atoms with Crippen molar-refractivity contribution in [1.29, 1.82) is 0 Å². The van der Waals surface area contributed by atoms with Gasteiger partial charge >= 0.3 is 6.09 Å². The summed E-state index contributed by atoms with van der Waals surface area (Å²) in [6, 6.07) is 9.26. The molecule has 2 N–H and O–H groups in total. The summed E-state index contributed by atoms with van der Waals surface area (Å²) in [5.41, 5.74) is 6.90. The summed E-state index contributed by atoms with van der Waals surface area (Å²) >= 11 is 0. The Balaban J connectivity index is 1.93. The Morgan fingerprint density at radius 3 is 2.70 bits per heavy atom. The minimum absolute atomic E-state index is 0.0476. The predicted molar refractivity (Wildman–Crippen MR) is 74.9 cm³/mol. The van der Waals surface area contributed by atoms with Crippen LogP contribution in [-0.2, 0) is 11.3 Å². The van der Waals surface area contributed by atoms with E-state index in [2.05, 4.69) is 0 Å². The number of nitrogens with zero attached hydrogens (tertiary/aromatic N) is 1. The van der Waals surface area contributed by atoms with Crippen LogP contribution in [0.5, 0.6) is 0 Å². The quantitative estimate of drug-likeness (QED) is 0.901. The van der Waals surface area contributed by atoms with Gasteiger partial charge in [-0.25, -0.2) is 9.18 Å². The van der Waals surface area contributed by atoms with Gasteiger partial charge in [0.1, 0.15) is 13.3 Å². The first-order valence-electron chi connectivity index (χ1n) is 7.01. The van der Waals surface area contributed by atoms with Crippen LogP contribution in [-0.4, -0.2) is 36.3 Å². The third kappa shape index (κ3) is 3.70. The van der Waals surface area contributed by atoms with E-state index < -0.39 is 12.8 Å². The lowest BCUT2D eigenvalue weighted by molar-refractivity contribution is 0.0753. The van der Waals surface area contributed by atoms with Crippen LogP contribution in [0.1, 0.15) is 24.8 Å². The zero-order chi connectivity index (χ0) is 14.4. The molecule has 0 unspecified atom stereocenters. The first-order valence-corrected chi connectivity index (χ1v) is 7.01. The van der Waals surface area contributed by atoms with Crippen molar-refractivity contribution in [3.63, 3.8) is 0 Å². The SMILES string of the molecule is N[C@H]1CCC[C@@H]1N(CCF)C(=O)OCc1ccccc1. The smallest absolute Gasteiger partial charge is 0.410 e. The van der Waals surface area contributed by atoms with Gasteiger partial charge in [0.05, 0.1) is 12.6 Å². The van der Waals surface area contributed by atoms with Crippen molar-refractivity contribution in [1.82, 2.24) is 4.90 Å². The van der Waals surface area contributed by atoms with E-state index in [1.807, 2.05) is 30.3 Å². The van der Waals surface area contributed by atoms with Gasteiger partial charge in [-0.1, -0.05) is 30.3 Å². The minimum Gasteiger partial charge on any atom is -0.445 e. The van der Waals surface area contributed by atoms with Crippen molar-refractivity contribution in [2.45, 2.75) is 38.0 Å². The summed E-state index contributed by atoms with van der Waals surface area (Å²) < 4.78 is 17.9. The number of benzene rings is 1. The second-order valence-corrected chi connectivity index (χ2v) is 5.08. The van der Waals surface area contributed by atoms with Gasteiger partial charge in [0.25, 0.3) is 0 Å². The van der Waals surface area contributed by atoms with Gasteiger partial charge in [0, 0.05) is 6.04 Å². The molecule has 5 heteroatoms. The minimum atomic E-state index is -0.580. The second-order valence-electron chi connectivity index (χ2n) is 5.08. The number of halogens is 1. The lowest BCUT2D eigenvalue weighted by Gasteiger charge is -2.30. The van der Waals surface area contributed by atoms with E-state index in [9.17, 15) is 9.18 Å². The van der Waals surface area contributed by atoms with Crippen LogP contribution in [0.2, 0.25) is 0 Å². The van der Waals surface area contributed by atoms with E-state index in [-0.39, 0.29) is 25.2 Å². The van der Waals surface area contributed by atoms with Crippen LogP contribution in [0.15, 0.2) is 30.3 Å². The molecule has 2 atom stereocenters. The summed E-state index contributed by atoms with van der Waals surface area (Å²) in [5, 5.41) is 0. The topological polar surface area (TPSA) is 55.6 Å². The lowest BCUT2D eigenvalue weighted by atomic mass is 10.1. The summed E-state index contributed by atoms with van der Waals surface area (Å²) in [5.74, 6) is 0. The van der Waals surface area contributed by atoms with E-state index in [1.165, 1.54) is 4.90 Å². The molecule has 110 valence electrons. The molecular formula is C15H21FN2O2. The highest BCUT2D eigenvalue weighted by molar-refractivity contribution is 5.68. The maximum atomic E-state index is 12.7. The highest BCUT2D eigenvalue weighted by Crippen LogP contribution is 2.23. The van der Waals surface area contributed by atoms with Gasteiger partial charge in [0.2, 0.25) is 0 Å². The highest BCUT2D eigenvalue weighted by Gasteiger charge is 2.33. The maximum absolute atomic E-state index is 12.7. The molecular weight excluding hydrogens is 259 g/mol. The summed E-state index contributed by atoms with van der Waals surface area (Å²) in [6.45, 7) is -0.333. The molecule has 0 aromatic heterocycles. The van der Waals surface area contributed by atoms with Gasteiger partial charge in [0.15, 0.2) is 0 Å². The fourth-order valence-electron chi connectivity index (χ4n) is 2.64. The Labute approximate surface area is 118 Å². The first kappa shape index (κ1) is 14.8. The molecule has 20 heavy (non-hydrogen) atoms. The number of nitrogens with two attached hydrogens (primary N) is 1. The molecule has 0 heterocycles. The average molecular weight is 280 g/mol. The van der Waals surface area contributed by atoms with Gasteiger partial charge < -0.3 is 15.4 Å². The van der Waals surface area contributed by atoms with Crippen LogP contribution < -0.4 is 5.73 Å². The Hall–Kier alpha value is -1.62. The molecule has 0 aliphatic heterocycles. The van der Waals surface area contributed by atoms with Gasteiger partial charge in [-0.2, -0.15) is 0 Å². The number of hydrogen-bond acceptors (Lipinski definition) is 3. The predicted octanol–water partition coefficient (Wildman–Crippen LogP) is 2.47. The van der Waals surface area contributed by atoms with Crippen LogP contribution >= 0.6 is 0 Å². The second kappa shape index (κ2) is 7.24. The molecule has 1 aliphatic rings. The Kier molecular flexibility index (Phi) is 5.35. The molecule has 0 bridgehead atoms. The Morgan fingerprint density at radius 2 is 2.10 bits per heavy atom. The normalized spacial score (nSPS) is 21.7. The van der Waals surface area contributed by atoms with Crippen LogP contribution in [0.4, 0.5) is 9.18 Å². The fourth-order valence-corrected chi connectivity index (χ4v) is 2.64. The molecule has 0 radical (unpaired) electrons. The van der Waals surface area contributed by atoms with Gasteiger partial charge in [-0.3, -0.25) is 0 Å². The van der Waals surface area contributed by atoms with Crippen LogP contribution in [0.25, 0.3) is 0 Å². The van der Waals surface area contributed by atoms with Crippen molar-refractivity contribution in [3.05, 3.63) is 35.9 Å². The van der Waals surface area contributed by atoms with Crippen LogP contribution in [0, 0.1) is 0 Å². The molecule has 2 rings (SSSR count). The molecule has 0 spiro atoms. The van der Waals surface area contributed by atoms with Crippen molar-refractivity contribution in [3.8, 4) is 0 Å². The first-order chi connectivity index (χ1) is 9.72. The van der Waals surface area contributed by atoms with Gasteiger partial charge in [-0.15, -0.1) is 0 Å². The number of rotatable bonds is 5. The molecule has 1 aromatic rings. The maximum Gasteiger partial charge on any atom is 0.410 e. The summed E-state index contributed by atoms with van der Waals surface area (Å²) in [4.78, 5) is 13.6. The monoisotopic (exact) mass is 280 g/mol.